The molecular weight excluding hydrogens is 1340 g/mol. The van der Waals surface area contributed by atoms with Crippen molar-refractivity contribution >= 4 is 94.3 Å². The van der Waals surface area contributed by atoms with Gasteiger partial charge < -0.3 is 9.47 Å². The number of fused-ring (bicyclic) bond motifs is 17. The number of hydrogen-bond donors (Lipinski definition) is 0. The molecule has 3 heteroatoms. The van der Waals surface area contributed by atoms with Gasteiger partial charge in [-0.25, -0.2) is 0 Å². The van der Waals surface area contributed by atoms with Gasteiger partial charge in [0.1, 0.15) is 0 Å². The monoisotopic (exact) mass is 1440 g/mol. The van der Waals surface area contributed by atoms with Gasteiger partial charge >= 0.3 is 0 Å². The van der Waals surface area contributed by atoms with Crippen LogP contribution in [0.25, 0.3) is 127 Å². The summed E-state index contributed by atoms with van der Waals surface area (Å²) in [6.07, 6.45) is 8.04. The lowest BCUT2D eigenvalue weighted by Crippen LogP contribution is -2.60. The van der Waals surface area contributed by atoms with Crippen LogP contribution in [-0.2, 0) is 44.3 Å². The van der Waals surface area contributed by atoms with E-state index in [-0.39, 0.29) is 44.6 Å². The highest BCUT2D eigenvalue weighted by Crippen LogP contribution is 2.56. The van der Waals surface area contributed by atoms with E-state index in [1.54, 1.807) is 0 Å². The maximum atomic E-state index is 2.78. The fourth-order valence-electron chi connectivity index (χ4n) is 21.3. The Bertz CT molecular complexity index is 6470. The van der Waals surface area contributed by atoms with Crippen molar-refractivity contribution < 1.29 is 0 Å². The van der Waals surface area contributed by atoms with Crippen LogP contribution in [0.15, 0.2) is 249 Å². The Kier molecular flexibility index (Phi) is 15.2. The van der Waals surface area contributed by atoms with E-state index in [0.717, 1.165) is 31.4 Å². The van der Waals surface area contributed by atoms with Crippen LogP contribution >= 0.6 is 0 Å². The Morgan fingerprint density at radius 2 is 0.820 bits per heavy atom. The third-order valence-corrected chi connectivity index (χ3v) is 27.9. The molecule has 0 saturated carbocycles. The SMILES string of the molecule is CC(C)(C)c1ccc(N2c3ccc(C(C)(C)C)cc3B3c4c2cc(-c2c(-c5ccc6c(c5)CCCC6(C)C)cc(-c5ccc6c(c5)C(C)(C)CCC6(C)C)cc2-c2ccc5c(c2)C(C)(C)CCC5(C)C)cc4-n2c4ccc(-c5ccccc5-c5ccccc5)cc4c4c5c6ccccc6c6ccccc6c5cc3c42)cc1. The second-order valence-electron chi connectivity index (χ2n) is 39.3. The van der Waals surface area contributed by atoms with Crippen molar-refractivity contribution in [1.29, 1.82) is 0 Å². The maximum absolute atomic E-state index is 2.78. The van der Waals surface area contributed by atoms with Crippen molar-refractivity contribution in [2.45, 2.75) is 194 Å². The van der Waals surface area contributed by atoms with Crippen molar-refractivity contribution in [1.82, 2.24) is 4.57 Å². The molecule has 14 aromatic carbocycles. The first-order chi connectivity index (χ1) is 53.0. The molecule has 2 aliphatic heterocycles. The summed E-state index contributed by atoms with van der Waals surface area (Å²) in [5, 5.41) is 10.3. The molecule has 111 heavy (non-hydrogen) atoms. The Balaban J connectivity index is 0.980. The van der Waals surface area contributed by atoms with Crippen molar-refractivity contribution in [3.8, 4) is 72.4 Å². The average molecular weight is 1440 g/mol. The van der Waals surface area contributed by atoms with Crippen molar-refractivity contribution in [2.75, 3.05) is 4.90 Å². The minimum Gasteiger partial charge on any atom is -0.311 e. The molecule has 2 nitrogen and oxygen atoms in total. The zero-order valence-corrected chi connectivity index (χ0v) is 68.1. The number of hydrogen-bond acceptors (Lipinski definition) is 1. The molecule has 20 rings (SSSR count). The molecule has 0 radical (unpaired) electrons. The summed E-state index contributed by atoms with van der Waals surface area (Å²) < 4.78 is 2.78. The van der Waals surface area contributed by atoms with E-state index in [1.807, 2.05) is 0 Å². The highest BCUT2D eigenvalue weighted by Gasteiger charge is 2.46. The molecule has 15 aromatic rings. The number of anilines is 3. The Morgan fingerprint density at radius 1 is 0.315 bits per heavy atom. The van der Waals surface area contributed by atoms with Crippen LogP contribution in [-0.4, -0.2) is 11.3 Å². The summed E-state index contributed by atoms with van der Waals surface area (Å²) >= 11 is 0. The van der Waals surface area contributed by atoms with Gasteiger partial charge in [0.15, 0.2) is 0 Å². The van der Waals surface area contributed by atoms with E-state index in [9.17, 15) is 0 Å². The second kappa shape index (κ2) is 24.3. The molecule has 0 fully saturated rings. The smallest absolute Gasteiger partial charge is 0.252 e. The van der Waals surface area contributed by atoms with Crippen LogP contribution in [0, 0.1) is 0 Å². The van der Waals surface area contributed by atoms with Crippen LogP contribution in [0.2, 0.25) is 0 Å². The highest BCUT2D eigenvalue weighted by atomic mass is 15.2. The van der Waals surface area contributed by atoms with Crippen LogP contribution in [0.4, 0.5) is 17.1 Å². The summed E-state index contributed by atoms with van der Waals surface area (Å²) in [4.78, 5) is 2.69. The molecule has 0 N–H and O–H groups in total. The molecule has 548 valence electrons. The number of aryl methyl sites for hydroxylation is 1. The molecule has 3 heterocycles. The quantitative estimate of drug-likeness (QED) is 0.114. The van der Waals surface area contributed by atoms with E-state index >= 15 is 0 Å². The predicted molar refractivity (Wildman–Crippen MR) is 479 cm³/mol. The summed E-state index contributed by atoms with van der Waals surface area (Å²) in [5.74, 6) is 0. The second-order valence-corrected chi connectivity index (χ2v) is 39.3. The van der Waals surface area contributed by atoms with Gasteiger partial charge in [-0.1, -0.05) is 305 Å². The van der Waals surface area contributed by atoms with Crippen LogP contribution in [0.5, 0.6) is 0 Å². The molecule has 0 atom stereocenters. The van der Waals surface area contributed by atoms with E-state index in [4.69, 9.17) is 0 Å². The Labute approximate surface area is 658 Å². The van der Waals surface area contributed by atoms with Crippen LogP contribution < -0.4 is 21.3 Å². The van der Waals surface area contributed by atoms with Gasteiger partial charge in [-0.2, -0.15) is 0 Å². The Morgan fingerprint density at radius 3 is 1.46 bits per heavy atom. The van der Waals surface area contributed by atoms with E-state index in [1.165, 1.54) is 218 Å². The molecule has 0 amide bonds. The average Bonchev–Trinajstić information content (AvgIpc) is 1.49. The number of benzene rings is 14. The van der Waals surface area contributed by atoms with Gasteiger partial charge in [0.25, 0.3) is 6.71 Å². The molecule has 3 aliphatic carbocycles. The molecule has 0 bridgehead atoms. The van der Waals surface area contributed by atoms with Gasteiger partial charge in [0.05, 0.1) is 11.0 Å². The molecule has 1 aromatic heterocycles. The number of rotatable bonds is 7. The zero-order chi connectivity index (χ0) is 76.5. The van der Waals surface area contributed by atoms with Gasteiger partial charge in [-0.05, 0) is 292 Å². The fourth-order valence-corrected chi connectivity index (χ4v) is 21.3. The van der Waals surface area contributed by atoms with Gasteiger partial charge in [0.2, 0.25) is 0 Å². The molecule has 0 saturated heterocycles. The van der Waals surface area contributed by atoms with Gasteiger partial charge in [-0.3, -0.25) is 0 Å². The molecular formula is C108H103BN2. The Hall–Kier alpha value is -10.5. The minimum atomic E-state index is -0.159. The van der Waals surface area contributed by atoms with Crippen LogP contribution in [0.3, 0.4) is 0 Å². The van der Waals surface area contributed by atoms with E-state index < -0.39 is 0 Å². The zero-order valence-electron chi connectivity index (χ0n) is 68.1. The maximum Gasteiger partial charge on any atom is 0.252 e. The standard InChI is InChI=1S/C108H103BN2/c1-102(2,3)73-40-43-75(44-41-73)110-94-49-42-74(103(4,5)6)63-91(94)109-92-64-84-80-34-23-22-32-78(80)79-33-24-25-35-81(79)98(84)99-85-56-68(77-31-21-20-30-76(77)65-27-18-17-19-28-65)39-48-93(85)111(101(92)99)96-62-72(61-95(110)100(96)109)97-82(67-37-45-86-70(55-67)29-26-50-104(86,7)8)57-71(66-36-46-87-89(59-66)107(13,14)53-51-105(87,9)10)58-83(97)69-38-47-88-90(60-69)108(15,16)54-52-106(88,11)12/h17-25,27-28,30-49,55-64H,26,29,50-54H2,1-16H3. The fraction of sp³-hybridized carbons (Fsp3) is 0.278. The number of aromatic nitrogens is 1. The first-order valence-electron chi connectivity index (χ1n) is 41.4. The lowest BCUT2D eigenvalue weighted by atomic mass is 9.33. The lowest BCUT2D eigenvalue weighted by molar-refractivity contribution is 0.332. The summed E-state index contributed by atoms with van der Waals surface area (Å²) in [5.41, 5.74) is 37.8. The van der Waals surface area contributed by atoms with Crippen molar-refractivity contribution in [2.24, 2.45) is 0 Å². The molecule has 0 spiro atoms. The lowest BCUT2D eigenvalue weighted by Gasteiger charge is -2.42. The topological polar surface area (TPSA) is 8.17 Å². The molecule has 0 unspecified atom stereocenters. The summed E-state index contributed by atoms with van der Waals surface area (Å²) in [6, 6.07) is 99.7. The predicted octanol–water partition coefficient (Wildman–Crippen LogP) is 27.8. The summed E-state index contributed by atoms with van der Waals surface area (Å²) in [6.45, 7) is 38.9. The van der Waals surface area contributed by atoms with E-state index in [0.29, 0.717) is 0 Å². The van der Waals surface area contributed by atoms with Crippen molar-refractivity contribution in [3.63, 3.8) is 0 Å². The third kappa shape index (κ3) is 10.8. The first-order valence-corrected chi connectivity index (χ1v) is 41.4. The minimum absolute atomic E-state index is 0.0248. The largest absolute Gasteiger partial charge is 0.311 e. The van der Waals surface area contributed by atoms with Gasteiger partial charge in [-0.15, -0.1) is 0 Å². The van der Waals surface area contributed by atoms with Crippen molar-refractivity contribution in [3.05, 3.63) is 293 Å². The summed E-state index contributed by atoms with van der Waals surface area (Å²) in [7, 11) is 0. The molecule has 5 aliphatic rings. The van der Waals surface area contributed by atoms with Crippen LogP contribution in [0.1, 0.15) is 194 Å². The number of nitrogens with zero attached hydrogens (tertiary/aromatic N) is 2. The first kappa shape index (κ1) is 69.7. The normalized spacial score (nSPS) is 16.9. The highest BCUT2D eigenvalue weighted by molar-refractivity contribution is 7.00. The van der Waals surface area contributed by atoms with Gasteiger partial charge in [0, 0.05) is 38.9 Å². The third-order valence-electron chi connectivity index (χ3n) is 27.9. The van der Waals surface area contributed by atoms with E-state index in [2.05, 4.69) is 369 Å².